The van der Waals surface area contributed by atoms with Crippen LogP contribution in [0, 0.1) is 0 Å². The summed E-state index contributed by atoms with van der Waals surface area (Å²) in [4.78, 5) is 34.9. The summed E-state index contributed by atoms with van der Waals surface area (Å²) < 4.78 is 27.6. The first kappa shape index (κ1) is 25.6. The zero-order chi connectivity index (χ0) is 25.4. The first-order valence-electron chi connectivity index (χ1n) is 10.7. The fraction of sp³-hybridized carbons (Fsp3) is 0.160. The molecule has 0 aliphatic rings. The standard InChI is InChI=1S/C25H25N3O6S/c1-17(29)26-20-9-11-21(12-10-20)27-24(30)16-15-23(25(31)32)28-35(33,34)22-13-7-19(8-14-22)18-5-3-2-4-6-18/h2-14,23,28H,15-16H2,1H3,(H,26,29)(H,27,30)(H,31,32)/t23-/m0/s1. The van der Waals surface area contributed by atoms with Crippen molar-refractivity contribution in [1.82, 2.24) is 4.72 Å². The second kappa shape index (κ2) is 11.4. The number of hydrogen-bond acceptors (Lipinski definition) is 5. The van der Waals surface area contributed by atoms with Crippen molar-refractivity contribution < 1.29 is 27.9 Å². The molecule has 0 spiro atoms. The van der Waals surface area contributed by atoms with Gasteiger partial charge >= 0.3 is 5.97 Å². The zero-order valence-corrected chi connectivity index (χ0v) is 19.7. The van der Waals surface area contributed by atoms with Crippen LogP contribution in [0.5, 0.6) is 0 Å². The van der Waals surface area contributed by atoms with Crippen LogP contribution in [0.25, 0.3) is 11.1 Å². The molecule has 0 saturated carbocycles. The van der Waals surface area contributed by atoms with E-state index in [-0.39, 0.29) is 23.6 Å². The molecule has 0 bridgehead atoms. The van der Waals surface area contributed by atoms with E-state index in [9.17, 15) is 27.9 Å². The molecule has 0 aromatic heterocycles. The molecule has 10 heteroatoms. The number of amides is 2. The third-order valence-electron chi connectivity index (χ3n) is 5.02. The molecule has 182 valence electrons. The summed E-state index contributed by atoms with van der Waals surface area (Å²) in [5.41, 5.74) is 2.76. The first-order chi connectivity index (χ1) is 16.6. The molecule has 0 aliphatic carbocycles. The van der Waals surface area contributed by atoms with Crippen molar-refractivity contribution in [3.63, 3.8) is 0 Å². The van der Waals surface area contributed by atoms with Crippen LogP contribution < -0.4 is 15.4 Å². The topological polar surface area (TPSA) is 142 Å². The van der Waals surface area contributed by atoms with E-state index in [1.807, 2.05) is 30.3 Å². The van der Waals surface area contributed by atoms with Gasteiger partial charge in [-0.1, -0.05) is 42.5 Å². The number of aliphatic carboxylic acids is 1. The average molecular weight is 496 g/mol. The van der Waals surface area contributed by atoms with Crippen LogP contribution in [-0.2, 0) is 24.4 Å². The molecule has 3 aromatic rings. The summed E-state index contributed by atoms with van der Waals surface area (Å²) >= 11 is 0. The zero-order valence-electron chi connectivity index (χ0n) is 18.9. The molecular formula is C25H25N3O6S. The van der Waals surface area contributed by atoms with Crippen molar-refractivity contribution >= 4 is 39.2 Å². The molecule has 0 fully saturated rings. The quantitative estimate of drug-likeness (QED) is 0.339. The molecule has 0 radical (unpaired) electrons. The molecule has 1 atom stereocenters. The lowest BCUT2D eigenvalue weighted by atomic mass is 10.1. The predicted molar refractivity (Wildman–Crippen MR) is 132 cm³/mol. The summed E-state index contributed by atoms with van der Waals surface area (Å²) in [6, 6.07) is 20.4. The van der Waals surface area contributed by atoms with Crippen molar-refractivity contribution in [3.05, 3.63) is 78.9 Å². The van der Waals surface area contributed by atoms with Gasteiger partial charge in [-0.3, -0.25) is 14.4 Å². The van der Waals surface area contributed by atoms with Crippen LogP contribution in [0.15, 0.2) is 83.8 Å². The van der Waals surface area contributed by atoms with Gasteiger partial charge in [-0.25, -0.2) is 8.42 Å². The van der Waals surface area contributed by atoms with Gasteiger partial charge in [-0.05, 0) is 53.9 Å². The maximum Gasteiger partial charge on any atom is 0.321 e. The molecular weight excluding hydrogens is 470 g/mol. The van der Waals surface area contributed by atoms with Crippen LogP contribution >= 0.6 is 0 Å². The lowest BCUT2D eigenvalue weighted by Crippen LogP contribution is -2.41. The highest BCUT2D eigenvalue weighted by Crippen LogP contribution is 2.21. The number of sulfonamides is 1. The molecule has 0 saturated heterocycles. The lowest BCUT2D eigenvalue weighted by Gasteiger charge is -2.15. The number of carboxylic acids is 1. The normalized spacial score (nSPS) is 11.9. The van der Waals surface area contributed by atoms with Gasteiger partial charge in [-0.2, -0.15) is 4.72 Å². The molecule has 0 heterocycles. The van der Waals surface area contributed by atoms with Crippen molar-refractivity contribution in [3.8, 4) is 11.1 Å². The largest absolute Gasteiger partial charge is 0.480 e. The summed E-state index contributed by atoms with van der Waals surface area (Å²) in [5, 5.41) is 14.7. The Labute approximate surface area is 203 Å². The summed E-state index contributed by atoms with van der Waals surface area (Å²) in [6.07, 6.45) is -0.466. The Bertz CT molecular complexity index is 1290. The number of carbonyl (C=O) groups excluding carboxylic acids is 2. The minimum atomic E-state index is -4.12. The van der Waals surface area contributed by atoms with E-state index in [1.165, 1.54) is 19.1 Å². The Morgan fingerprint density at radius 2 is 1.34 bits per heavy atom. The lowest BCUT2D eigenvalue weighted by molar-refractivity contribution is -0.139. The molecule has 0 aliphatic heterocycles. The van der Waals surface area contributed by atoms with Crippen molar-refractivity contribution in [2.75, 3.05) is 10.6 Å². The van der Waals surface area contributed by atoms with E-state index >= 15 is 0 Å². The fourth-order valence-electron chi connectivity index (χ4n) is 3.28. The highest BCUT2D eigenvalue weighted by Gasteiger charge is 2.26. The molecule has 3 aromatic carbocycles. The Kier molecular flexibility index (Phi) is 8.34. The average Bonchev–Trinajstić information content (AvgIpc) is 2.83. The van der Waals surface area contributed by atoms with E-state index in [0.29, 0.717) is 11.4 Å². The van der Waals surface area contributed by atoms with Crippen LogP contribution in [-0.4, -0.2) is 37.3 Å². The third-order valence-corrected chi connectivity index (χ3v) is 6.50. The van der Waals surface area contributed by atoms with Crippen molar-refractivity contribution in [2.45, 2.75) is 30.7 Å². The highest BCUT2D eigenvalue weighted by atomic mass is 32.2. The second-order valence-corrected chi connectivity index (χ2v) is 9.46. The minimum absolute atomic E-state index is 0.0767. The second-order valence-electron chi connectivity index (χ2n) is 7.75. The number of rotatable bonds is 10. The Balaban J connectivity index is 1.59. The monoisotopic (exact) mass is 495 g/mol. The van der Waals surface area contributed by atoms with E-state index in [0.717, 1.165) is 11.1 Å². The van der Waals surface area contributed by atoms with Gasteiger partial charge in [0.2, 0.25) is 21.8 Å². The highest BCUT2D eigenvalue weighted by molar-refractivity contribution is 7.89. The van der Waals surface area contributed by atoms with Crippen LogP contribution in [0.4, 0.5) is 11.4 Å². The molecule has 4 N–H and O–H groups in total. The third kappa shape index (κ3) is 7.49. The van der Waals surface area contributed by atoms with Crippen LogP contribution in [0.1, 0.15) is 19.8 Å². The summed E-state index contributed by atoms with van der Waals surface area (Å²) in [5.74, 6) is -2.09. The van der Waals surface area contributed by atoms with E-state index in [4.69, 9.17) is 0 Å². The summed E-state index contributed by atoms with van der Waals surface area (Å²) in [6.45, 7) is 1.38. The maximum absolute atomic E-state index is 12.7. The number of benzene rings is 3. The van der Waals surface area contributed by atoms with Gasteiger partial charge in [0.25, 0.3) is 0 Å². The molecule has 0 unspecified atom stereocenters. The predicted octanol–water partition coefficient (Wildman–Crippen LogP) is 3.46. The van der Waals surface area contributed by atoms with Gasteiger partial charge in [-0.15, -0.1) is 0 Å². The van der Waals surface area contributed by atoms with E-state index in [2.05, 4.69) is 15.4 Å². The van der Waals surface area contributed by atoms with Crippen LogP contribution in [0.2, 0.25) is 0 Å². The van der Waals surface area contributed by atoms with E-state index < -0.39 is 27.9 Å². The van der Waals surface area contributed by atoms with Gasteiger partial charge in [0.1, 0.15) is 6.04 Å². The minimum Gasteiger partial charge on any atom is -0.480 e. The molecule has 9 nitrogen and oxygen atoms in total. The van der Waals surface area contributed by atoms with Gasteiger partial charge < -0.3 is 15.7 Å². The van der Waals surface area contributed by atoms with Gasteiger partial charge in [0.15, 0.2) is 0 Å². The molecule has 2 amide bonds. The van der Waals surface area contributed by atoms with Crippen molar-refractivity contribution in [2.24, 2.45) is 0 Å². The SMILES string of the molecule is CC(=O)Nc1ccc(NC(=O)CC[C@H](NS(=O)(=O)c2ccc(-c3ccccc3)cc2)C(=O)O)cc1. The fourth-order valence-corrected chi connectivity index (χ4v) is 4.51. The Hall–Kier alpha value is -4.02. The van der Waals surface area contributed by atoms with Crippen molar-refractivity contribution in [1.29, 1.82) is 0 Å². The number of carboxylic acid groups (broad SMARTS) is 1. The smallest absolute Gasteiger partial charge is 0.321 e. The number of nitrogens with one attached hydrogen (secondary N) is 3. The first-order valence-corrected chi connectivity index (χ1v) is 12.2. The molecule has 3 rings (SSSR count). The number of anilines is 2. The molecule has 35 heavy (non-hydrogen) atoms. The van der Waals surface area contributed by atoms with Crippen LogP contribution in [0.3, 0.4) is 0 Å². The number of carbonyl (C=O) groups is 3. The maximum atomic E-state index is 12.7. The number of hydrogen-bond donors (Lipinski definition) is 4. The van der Waals surface area contributed by atoms with Gasteiger partial charge in [0, 0.05) is 24.7 Å². The summed E-state index contributed by atoms with van der Waals surface area (Å²) in [7, 11) is -4.12. The van der Waals surface area contributed by atoms with E-state index in [1.54, 1.807) is 36.4 Å². The Morgan fingerprint density at radius 3 is 1.89 bits per heavy atom. The Morgan fingerprint density at radius 1 is 0.800 bits per heavy atom. The van der Waals surface area contributed by atoms with Gasteiger partial charge in [0.05, 0.1) is 4.90 Å².